The number of imidazole rings is 1. The van der Waals surface area contributed by atoms with Crippen LogP contribution < -0.4 is 16.0 Å². The van der Waals surface area contributed by atoms with Crippen molar-refractivity contribution in [1.29, 1.82) is 0 Å². The molecule has 0 saturated carbocycles. The van der Waals surface area contributed by atoms with Crippen LogP contribution in [0.3, 0.4) is 0 Å². The Balaban J connectivity index is 1.18. The number of alkyl carbamates (subject to hydrolysis) is 1. The summed E-state index contributed by atoms with van der Waals surface area (Å²) in [5, 5.41) is 8.55. The highest BCUT2D eigenvalue weighted by Crippen LogP contribution is 2.38. The van der Waals surface area contributed by atoms with Crippen LogP contribution in [-0.4, -0.2) is 121 Å². The Morgan fingerprint density at radius 1 is 1.05 bits per heavy atom. The number of rotatable bonds is 17. The first-order chi connectivity index (χ1) is 27.6. The van der Waals surface area contributed by atoms with E-state index in [4.69, 9.17) is 19.2 Å². The van der Waals surface area contributed by atoms with Gasteiger partial charge in [-0.1, -0.05) is 30.3 Å². The number of hydrogen-bond donors (Lipinski definition) is 3. The largest absolute Gasteiger partial charge is 0.447 e. The van der Waals surface area contributed by atoms with Crippen LogP contribution in [0.5, 0.6) is 0 Å². The lowest BCUT2D eigenvalue weighted by molar-refractivity contribution is -0.137. The van der Waals surface area contributed by atoms with E-state index >= 15 is 8.78 Å². The number of alkyl halides is 1. The summed E-state index contributed by atoms with van der Waals surface area (Å²) in [7, 11) is 0. The molecule has 4 atom stereocenters. The van der Waals surface area contributed by atoms with Crippen molar-refractivity contribution in [3.05, 3.63) is 89.9 Å². The number of carbonyl (C=O) groups excluding carboxylic acids is 4. The number of nitrogens with one attached hydrogen (secondary N) is 3. The van der Waals surface area contributed by atoms with E-state index in [1.54, 1.807) is 18.0 Å². The minimum absolute atomic E-state index is 0.0224. The van der Waals surface area contributed by atoms with E-state index in [9.17, 15) is 23.6 Å². The summed E-state index contributed by atoms with van der Waals surface area (Å²) in [4.78, 5) is 57.8. The van der Waals surface area contributed by atoms with Crippen LogP contribution >= 0.6 is 0 Å². The number of halogens is 3. The van der Waals surface area contributed by atoms with Gasteiger partial charge in [0.2, 0.25) is 0 Å². The van der Waals surface area contributed by atoms with Gasteiger partial charge in [0.1, 0.15) is 30.2 Å². The second kappa shape index (κ2) is 19.7. The Hall–Kier alpha value is -5.26. The van der Waals surface area contributed by atoms with Crippen molar-refractivity contribution in [2.45, 2.75) is 44.6 Å². The number of nitrogens with zero attached hydrogens (tertiary/aromatic N) is 4. The van der Waals surface area contributed by atoms with Gasteiger partial charge in [-0.2, -0.15) is 0 Å². The second-order valence-corrected chi connectivity index (χ2v) is 14.4. The maximum atomic E-state index is 15.3. The Bertz CT molecular complexity index is 1870. The van der Waals surface area contributed by atoms with Crippen molar-refractivity contribution >= 4 is 23.9 Å². The van der Waals surface area contributed by atoms with E-state index in [-0.39, 0.29) is 63.2 Å². The Morgan fingerprint density at radius 2 is 1.81 bits per heavy atom. The highest BCUT2D eigenvalue weighted by atomic mass is 19.1. The number of aromatic nitrogens is 2. The SMILES string of the molecule is C[C@@H](COC(=O)NCCOCCN1C(=O)C=CC1=O)NC(=O)N(C[C@@H]1CNC[C@@H]1F)[C@@H](c1nc(-c2cc(F)ccc2F)cn1Cc1ccccc1)C1CCOCC1. The van der Waals surface area contributed by atoms with E-state index in [2.05, 4.69) is 16.0 Å². The molecule has 3 aliphatic heterocycles. The minimum atomic E-state index is -1.22. The number of urea groups is 1. The first kappa shape index (κ1) is 41.4. The molecular formula is C40H48F3N7O7. The summed E-state index contributed by atoms with van der Waals surface area (Å²) in [6, 6.07) is 10.8. The molecule has 1 aromatic heterocycles. The normalized spacial score (nSPS) is 19.5. The molecule has 3 aromatic rings. The highest BCUT2D eigenvalue weighted by molar-refractivity contribution is 6.12. The summed E-state index contributed by atoms with van der Waals surface area (Å²) in [5.74, 6) is -2.39. The molecule has 0 unspecified atom stereocenters. The van der Waals surface area contributed by atoms with Gasteiger partial charge >= 0.3 is 12.1 Å². The molecule has 0 spiro atoms. The highest BCUT2D eigenvalue weighted by Gasteiger charge is 2.40. The van der Waals surface area contributed by atoms with Crippen LogP contribution in [0, 0.1) is 23.5 Å². The number of benzene rings is 2. The zero-order chi connectivity index (χ0) is 40.3. The molecule has 57 heavy (non-hydrogen) atoms. The van der Waals surface area contributed by atoms with Crippen molar-refractivity contribution < 1.29 is 46.6 Å². The summed E-state index contributed by atoms with van der Waals surface area (Å²) < 4.78 is 63.3. The van der Waals surface area contributed by atoms with Crippen molar-refractivity contribution in [3.8, 4) is 11.3 Å². The molecule has 306 valence electrons. The molecule has 0 aliphatic carbocycles. The van der Waals surface area contributed by atoms with Gasteiger partial charge in [0.25, 0.3) is 11.8 Å². The number of imide groups is 1. The fourth-order valence-corrected chi connectivity index (χ4v) is 7.21. The van der Waals surface area contributed by atoms with Gasteiger partial charge in [-0.3, -0.25) is 14.5 Å². The second-order valence-electron chi connectivity index (χ2n) is 14.4. The molecule has 17 heteroatoms. The van der Waals surface area contributed by atoms with Gasteiger partial charge in [0, 0.05) is 75.8 Å². The predicted octanol–water partition coefficient (Wildman–Crippen LogP) is 3.97. The van der Waals surface area contributed by atoms with Crippen molar-refractivity contribution in [3.63, 3.8) is 0 Å². The Labute approximate surface area is 328 Å². The van der Waals surface area contributed by atoms with E-state index in [0.717, 1.165) is 28.7 Å². The van der Waals surface area contributed by atoms with Crippen LogP contribution in [0.25, 0.3) is 11.3 Å². The maximum Gasteiger partial charge on any atom is 0.407 e. The first-order valence-electron chi connectivity index (χ1n) is 19.2. The van der Waals surface area contributed by atoms with Crippen LogP contribution in [0.15, 0.2) is 66.9 Å². The third kappa shape index (κ3) is 11.0. The summed E-state index contributed by atoms with van der Waals surface area (Å²) >= 11 is 0. The van der Waals surface area contributed by atoms with E-state index < -0.39 is 59.7 Å². The standard InChI is InChI=1S/C40H48F3N7O7/c1-26(25-57-40(54)45-13-17-56-18-14-49-35(51)9-10-36(49)52)46-39(53)50(23-29-20-44-21-33(29)43)37(28-11-15-55-16-12-28)38-47-34(31-19-30(41)7-8-32(31)42)24-48(38)22-27-5-3-2-4-6-27/h2-10,19,24,26,28-29,33,37,44H,11-18,20-23,25H2,1H3,(H,45,54)(H,46,53)/t26-,29-,33-,37+/m0/s1. The maximum absolute atomic E-state index is 15.3. The molecule has 3 N–H and O–H groups in total. The Kier molecular flexibility index (Phi) is 14.3. The average molecular weight is 796 g/mol. The first-order valence-corrected chi connectivity index (χ1v) is 19.2. The molecule has 2 aromatic carbocycles. The summed E-state index contributed by atoms with van der Waals surface area (Å²) in [6.07, 6.45) is 3.20. The molecule has 0 radical (unpaired) electrons. The number of carbonyl (C=O) groups is 4. The lowest BCUT2D eigenvalue weighted by Gasteiger charge is -2.40. The minimum Gasteiger partial charge on any atom is -0.447 e. The smallest absolute Gasteiger partial charge is 0.407 e. The monoisotopic (exact) mass is 795 g/mol. The summed E-state index contributed by atoms with van der Waals surface area (Å²) in [5.41, 5.74) is 1.07. The molecule has 2 fully saturated rings. The van der Waals surface area contributed by atoms with Crippen molar-refractivity contribution in [2.75, 3.05) is 65.8 Å². The van der Waals surface area contributed by atoms with Crippen LogP contribution in [0.1, 0.15) is 37.2 Å². The molecule has 14 nitrogen and oxygen atoms in total. The van der Waals surface area contributed by atoms with Gasteiger partial charge in [-0.15, -0.1) is 0 Å². The van der Waals surface area contributed by atoms with Crippen molar-refractivity contribution in [2.24, 2.45) is 11.8 Å². The molecule has 2 saturated heterocycles. The molecule has 0 bridgehead atoms. The zero-order valence-electron chi connectivity index (χ0n) is 31.7. The van der Waals surface area contributed by atoms with Crippen molar-refractivity contribution in [1.82, 2.24) is 35.3 Å². The summed E-state index contributed by atoms with van der Waals surface area (Å²) in [6.45, 7) is 3.54. The lowest BCUT2D eigenvalue weighted by atomic mass is 9.89. The van der Waals surface area contributed by atoms with Crippen LogP contribution in [0.2, 0.25) is 0 Å². The number of hydrogen-bond acceptors (Lipinski definition) is 9. The van der Waals surface area contributed by atoms with Crippen LogP contribution in [0.4, 0.5) is 22.8 Å². The number of ether oxygens (including phenoxy) is 3. The molecule has 6 rings (SSSR count). The quantitative estimate of drug-likeness (QED) is 0.136. The average Bonchev–Trinajstić information content (AvgIpc) is 3.91. The molecule has 3 aliphatic rings. The zero-order valence-corrected chi connectivity index (χ0v) is 31.7. The van der Waals surface area contributed by atoms with E-state index in [0.29, 0.717) is 45.0 Å². The number of amides is 5. The topological polar surface area (TPSA) is 156 Å². The van der Waals surface area contributed by atoms with Gasteiger partial charge in [-0.25, -0.2) is 27.7 Å². The molecule has 5 amide bonds. The third-order valence-electron chi connectivity index (χ3n) is 10.2. The predicted molar refractivity (Wildman–Crippen MR) is 201 cm³/mol. The van der Waals surface area contributed by atoms with Gasteiger partial charge in [-0.05, 0) is 49.4 Å². The molecular weight excluding hydrogens is 747 g/mol. The third-order valence-corrected chi connectivity index (χ3v) is 10.2. The fraction of sp³-hybridized carbons (Fsp3) is 0.475. The lowest BCUT2D eigenvalue weighted by Crippen LogP contribution is -2.52. The van der Waals surface area contributed by atoms with E-state index in [1.807, 2.05) is 34.9 Å². The van der Waals surface area contributed by atoms with Gasteiger partial charge < -0.3 is 39.6 Å². The fourth-order valence-electron chi connectivity index (χ4n) is 7.21. The van der Waals surface area contributed by atoms with E-state index in [1.165, 1.54) is 12.2 Å². The van der Waals surface area contributed by atoms with Crippen LogP contribution in [-0.2, 0) is 30.3 Å². The van der Waals surface area contributed by atoms with Gasteiger partial charge in [0.05, 0.1) is 37.5 Å². The Morgan fingerprint density at radius 3 is 2.53 bits per heavy atom. The van der Waals surface area contributed by atoms with Gasteiger partial charge in [0.15, 0.2) is 0 Å². The molecule has 4 heterocycles.